The third kappa shape index (κ3) is 1.87. The van der Waals surface area contributed by atoms with E-state index >= 15 is 0 Å². The number of rotatable bonds is 0. The van der Waals surface area contributed by atoms with Crippen LogP contribution in [-0.2, 0) is 4.79 Å². The molecule has 0 saturated heterocycles. The number of hydrogen-bond acceptors (Lipinski definition) is 6. The minimum absolute atomic E-state index is 0.159. The first-order valence-electron chi connectivity index (χ1n) is 3.96. The summed E-state index contributed by atoms with van der Waals surface area (Å²) in [6.45, 7) is 0. The average Bonchev–Trinajstić information content (AvgIpc) is 2.15. The van der Waals surface area contributed by atoms with E-state index in [0.29, 0.717) is 0 Å². The molecule has 0 unspecified atom stereocenters. The monoisotopic (exact) mass is 191 g/mol. The highest BCUT2D eigenvalue weighted by molar-refractivity contribution is 5.88. The molecule has 0 bridgehead atoms. The van der Waals surface area contributed by atoms with Crippen LogP contribution in [0.25, 0.3) is 0 Å². The van der Waals surface area contributed by atoms with Crippen LogP contribution in [0.5, 0.6) is 0 Å². The van der Waals surface area contributed by atoms with Gasteiger partial charge >= 0.3 is 0 Å². The van der Waals surface area contributed by atoms with E-state index in [0.717, 1.165) is 0 Å². The molecule has 0 radical (unpaired) electrons. The Morgan fingerprint density at radius 2 is 1.69 bits per heavy atom. The molecule has 76 valence electrons. The van der Waals surface area contributed by atoms with Gasteiger partial charge in [0.15, 0.2) is 5.78 Å². The van der Waals surface area contributed by atoms with Crippen molar-refractivity contribution in [1.82, 2.24) is 0 Å². The van der Waals surface area contributed by atoms with Crippen molar-refractivity contribution in [3.05, 3.63) is 0 Å². The maximum atomic E-state index is 11.0. The molecular formula is C7H13NO5. The summed E-state index contributed by atoms with van der Waals surface area (Å²) in [4.78, 5) is 11.0. The second-order valence-electron chi connectivity index (χ2n) is 3.24. The van der Waals surface area contributed by atoms with Crippen LogP contribution in [0.3, 0.4) is 0 Å². The van der Waals surface area contributed by atoms with E-state index in [4.69, 9.17) is 15.9 Å². The van der Waals surface area contributed by atoms with Crippen molar-refractivity contribution in [3.8, 4) is 0 Å². The Hall–Kier alpha value is -0.530. The van der Waals surface area contributed by atoms with Gasteiger partial charge in [-0.05, 0) is 6.42 Å². The lowest BCUT2D eigenvalue weighted by Gasteiger charge is -2.21. The number of aliphatic hydroxyl groups excluding tert-OH is 4. The smallest absolute Gasteiger partial charge is 0.192 e. The topological polar surface area (TPSA) is 124 Å². The third-order valence-electron chi connectivity index (χ3n) is 2.23. The quantitative estimate of drug-likeness (QED) is 0.256. The van der Waals surface area contributed by atoms with Gasteiger partial charge in [0.1, 0.15) is 18.3 Å². The lowest BCUT2D eigenvalue weighted by atomic mass is 10.0. The predicted octanol–water partition coefficient (Wildman–Crippen LogP) is -3.27. The van der Waals surface area contributed by atoms with Crippen LogP contribution in [0.15, 0.2) is 0 Å². The van der Waals surface area contributed by atoms with Gasteiger partial charge in [0.05, 0.1) is 6.10 Å². The number of carbonyl (C=O) groups is 1. The minimum atomic E-state index is -1.77. The van der Waals surface area contributed by atoms with Crippen molar-refractivity contribution in [2.24, 2.45) is 5.73 Å². The summed E-state index contributed by atoms with van der Waals surface area (Å²) in [5, 5.41) is 36.6. The Labute approximate surface area is 74.6 Å². The zero-order chi connectivity index (χ0) is 10.2. The molecule has 13 heavy (non-hydrogen) atoms. The molecule has 5 atom stereocenters. The molecule has 6 N–H and O–H groups in total. The van der Waals surface area contributed by atoms with Gasteiger partial charge in [-0.3, -0.25) is 4.79 Å². The summed E-state index contributed by atoms with van der Waals surface area (Å²) in [7, 11) is 0. The Morgan fingerprint density at radius 3 is 2.23 bits per heavy atom. The summed E-state index contributed by atoms with van der Waals surface area (Å²) in [5.74, 6) is -0.903. The minimum Gasteiger partial charge on any atom is -0.389 e. The molecular weight excluding hydrogens is 178 g/mol. The summed E-state index contributed by atoms with van der Waals surface area (Å²) in [5.41, 5.74) is 5.35. The fraction of sp³-hybridized carbons (Fsp3) is 0.857. The van der Waals surface area contributed by atoms with E-state index < -0.39 is 36.2 Å². The van der Waals surface area contributed by atoms with Crippen molar-refractivity contribution in [1.29, 1.82) is 0 Å². The van der Waals surface area contributed by atoms with E-state index in [-0.39, 0.29) is 6.42 Å². The molecule has 1 aliphatic rings. The number of nitrogens with two attached hydrogens (primary N) is 1. The van der Waals surface area contributed by atoms with Gasteiger partial charge in [-0.25, -0.2) is 0 Å². The van der Waals surface area contributed by atoms with Gasteiger partial charge in [-0.1, -0.05) is 0 Å². The molecule has 6 heteroatoms. The standard InChI is InChI=1S/C7H13NO5/c8-2-1-3(9)5(11)7(13)6(12)4(2)10/h2-4,6-7,9-10,12-13H,1,8H2/t2-,3+,4-,6+,7+/m1/s1. The van der Waals surface area contributed by atoms with E-state index in [2.05, 4.69) is 0 Å². The lowest BCUT2D eigenvalue weighted by molar-refractivity contribution is -0.142. The SMILES string of the molecule is N[C@@H]1C[C@H](O)C(=O)[C@H](O)[C@@H](O)[C@@H]1O. The van der Waals surface area contributed by atoms with Crippen molar-refractivity contribution in [2.75, 3.05) is 0 Å². The van der Waals surface area contributed by atoms with Crippen LogP contribution in [-0.4, -0.2) is 56.7 Å². The van der Waals surface area contributed by atoms with Crippen molar-refractivity contribution in [3.63, 3.8) is 0 Å². The van der Waals surface area contributed by atoms with Crippen LogP contribution in [0.1, 0.15) is 6.42 Å². The molecule has 0 aliphatic heterocycles. The Kier molecular flexibility index (Phi) is 2.99. The number of hydrogen-bond donors (Lipinski definition) is 5. The number of carbonyl (C=O) groups excluding carboxylic acids is 1. The highest BCUT2D eigenvalue weighted by Gasteiger charge is 2.41. The van der Waals surface area contributed by atoms with E-state index in [1.165, 1.54) is 0 Å². The van der Waals surface area contributed by atoms with Crippen molar-refractivity contribution in [2.45, 2.75) is 36.9 Å². The molecule has 1 rings (SSSR count). The van der Waals surface area contributed by atoms with Crippen molar-refractivity contribution >= 4 is 5.78 Å². The van der Waals surface area contributed by atoms with Gasteiger partial charge in [0, 0.05) is 6.04 Å². The zero-order valence-electron chi connectivity index (χ0n) is 6.87. The predicted molar refractivity (Wildman–Crippen MR) is 41.6 cm³/mol. The number of aliphatic hydroxyl groups is 4. The molecule has 0 spiro atoms. The first-order valence-corrected chi connectivity index (χ1v) is 3.96. The second-order valence-corrected chi connectivity index (χ2v) is 3.24. The average molecular weight is 191 g/mol. The highest BCUT2D eigenvalue weighted by atomic mass is 16.4. The van der Waals surface area contributed by atoms with Gasteiger partial charge in [0.2, 0.25) is 0 Å². The molecule has 1 saturated carbocycles. The molecule has 0 aromatic heterocycles. The van der Waals surface area contributed by atoms with Crippen LogP contribution in [0, 0.1) is 0 Å². The first kappa shape index (κ1) is 10.6. The number of Topliss-reactive ketones (excluding diaryl/α,β-unsaturated/α-hetero) is 1. The Balaban J connectivity index is 2.85. The Bertz CT molecular complexity index is 209. The van der Waals surface area contributed by atoms with Crippen LogP contribution in [0.4, 0.5) is 0 Å². The molecule has 1 fully saturated rings. The third-order valence-corrected chi connectivity index (χ3v) is 2.23. The van der Waals surface area contributed by atoms with E-state index in [1.807, 2.05) is 0 Å². The molecule has 1 aliphatic carbocycles. The summed E-state index contributed by atoms with van der Waals surface area (Å²) < 4.78 is 0. The van der Waals surface area contributed by atoms with E-state index in [1.54, 1.807) is 0 Å². The fourth-order valence-electron chi connectivity index (χ4n) is 1.32. The van der Waals surface area contributed by atoms with E-state index in [9.17, 15) is 15.0 Å². The van der Waals surface area contributed by atoms with Crippen LogP contribution < -0.4 is 5.73 Å². The molecule has 0 amide bonds. The normalized spacial score (nSPS) is 47.5. The van der Waals surface area contributed by atoms with Gasteiger partial charge in [0.25, 0.3) is 0 Å². The lowest BCUT2D eigenvalue weighted by Crippen LogP contribution is -2.47. The summed E-state index contributed by atoms with van der Waals surface area (Å²) >= 11 is 0. The van der Waals surface area contributed by atoms with Gasteiger partial charge < -0.3 is 26.2 Å². The highest BCUT2D eigenvalue weighted by Crippen LogP contribution is 2.16. The summed E-state index contributed by atoms with van der Waals surface area (Å²) in [6.07, 6.45) is -6.36. The molecule has 0 heterocycles. The van der Waals surface area contributed by atoms with Crippen molar-refractivity contribution < 1.29 is 25.2 Å². The van der Waals surface area contributed by atoms with Crippen LogP contribution >= 0.6 is 0 Å². The van der Waals surface area contributed by atoms with Gasteiger partial charge in [-0.15, -0.1) is 0 Å². The molecule has 6 nitrogen and oxygen atoms in total. The summed E-state index contributed by atoms with van der Waals surface area (Å²) in [6, 6.07) is -0.911. The van der Waals surface area contributed by atoms with Crippen LogP contribution in [0.2, 0.25) is 0 Å². The van der Waals surface area contributed by atoms with Gasteiger partial charge in [-0.2, -0.15) is 0 Å². The number of ketones is 1. The Morgan fingerprint density at radius 1 is 1.15 bits per heavy atom. The maximum absolute atomic E-state index is 11.0. The molecule has 0 aromatic rings. The molecule has 0 aromatic carbocycles. The zero-order valence-corrected chi connectivity index (χ0v) is 6.87. The second kappa shape index (κ2) is 3.69. The fourth-order valence-corrected chi connectivity index (χ4v) is 1.32. The largest absolute Gasteiger partial charge is 0.389 e. The maximum Gasteiger partial charge on any atom is 0.192 e. The first-order chi connectivity index (χ1) is 5.95.